The number of anilines is 1. The van der Waals surface area contributed by atoms with Crippen molar-refractivity contribution in [3.63, 3.8) is 0 Å². The second kappa shape index (κ2) is 10.4. The number of nitrogens with one attached hydrogen (secondary N) is 1. The Morgan fingerprint density at radius 1 is 1.06 bits per heavy atom. The Hall–Kier alpha value is -3.69. The largest absolute Gasteiger partial charge is 0.489 e. The number of ether oxygens (including phenoxy) is 1. The summed E-state index contributed by atoms with van der Waals surface area (Å²) < 4.78 is 6.80. The molecule has 3 aromatic rings. The monoisotopic (exact) mass is 474 g/mol. The van der Waals surface area contributed by atoms with Crippen molar-refractivity contribution in [2.24, 2.45) is 0 Å². The fourth-order valence-corrected chi connectivity index (χ4v) is 3.26. The molecule has 0 saturated carbocycles. The number of carbonyl (C=O) groups is 2. The highest BCUT2D eigenvalue weighted by Gasteiger charge is 2.11. The van der Waals surface area contributed by atoms with E-state index < -0.39 is 5.91 Å². The second-order valence-electron chi connectivity index (χ2n) is 6.75. The van der Waals surface area contributed by atoms with E-state index in [1.165, 1.54) is 13.0 Å². The van der Waals surface area contributed by atoms with Crippen molar-refractivity contribution in [1.29, 1.82) is 5.26 Å². The smallest absolute Gasteiger partial charge is 0.266 e. The first kappa shape index (κ1) is 22.0. The summed E-state index contributed by atoms with van der Waals surface area (Å²) in [6.45, 7) is 1.85. The molecule has 0 saturated heterocycles. The summed E-state index contributed by atoms with van der Waals surface area (Å²) in [7, 11) is 0. The van der Waals surface area contributed by atoms with E-state index in [1.807, 2.05) is 36.4 Å². The number of hydrogen-bond donors (Lipinski definition) is 1. The molecule has 0 aromatic heterocycles. The number of ketones is 1. The predicted molar refractivity (Wildman–Crippen MR) is 124 cm³/mol. The van der Waals surface area contributed by atoms with Gasteiger partial charge in [-0.1, -0.05) is 52.3 Å². The Morgan fingerprint density at radius 3 is 2.58 bits per heavy atom. The number of amides is 1. The molecular formula is C25H19BrN2O3. The van der Waals surface area contributed by atoms with E-state index in [-0.39, 0.29) is 11.4 Å². The van der Waals surface area contributed by atoms with E-state index in [1.54, 1.807) is 42.5 Å². The second-order valence-corrected chi connectivity index (χ2v) is 7.67. The molecule has 31 heavy (non-hydrogen) atoms. The summed E-state index contributed by atoms with van der Waals surface area (Å²) in [5, 5.41) is 12.1. The van der Waals surface area contributed by atoms with Gasteiger partial charge in [-0.3, -0.25) is 9.59 Å². The third-order valence-electron chi connectivity index (χ3n) is 4.36. The third kappa shape index (κ3) is 6.39. The zero-order valence-corrected chi connectivity index (χ0v) is 18.3. The van der Waals surface area contributed by atoms with Crippen LogP contribution in [0.2, 0.25) is 0 Å². The minimum absolute atomic E-state index is 0.0580. The van der Waals surface area contributed by atoms with Crippen molar-refractivity contribution < 1.29 is 14.3 Å². The van der Waals surface area contributed by atoms with E-state index in [0.29, 0.717) is 29.2 Å². The first-order valence-electron chi connectivity index (χ1n) is 9.46. The van der Waals surface area contributed by atoms with Crippen LogP contribution in [0, 0.1) is 11.3 Å². The first-order valence-corrected chi connectivity index (χ1v) is 10.3. The van der Waals surface area contributed by atoms with Crippen molar-refractivity contribution in [3.8, 4) is 11.8 Å². The van der Waals surface area contributed by atoms with Crippen molar-refractivity contribution in [2.75, 3.05) is 5.32 Å². The molecule has 6 heteroatoms. The highest BCUT2D eigenvalue weighted by Crippen LogP contribution is 2.19. The van der Waals surface area contributed by atoms with Crippen molar-refractivity contribution in [2.45, 2.75) is 13.5 Å². The number of nitriles is 1. The van der Waals surface area contributed by atoms with Gasteiger partial charge in [0.15, 0.2) is 5.78 Å². The van der Waals surface area contributed by atoms with Crippen LogP contribution in [0.15, 0.2) is 82.8 Å². The molecule has 0 aliphatic rings. The van der Waals surface area contributed by atoms with Crippen molar-refractivity contribution in [3.05, 3.63) is 99.5 Å². The molecule has 0 bridgehead atoms. The van der Waals surface area contributed by atoms with Gasteiger partial charge in [0, 0.05) is 15.7 Å². The first-order chi connectivity index (χ1) is 14.9. The van der Waals surface area contributed by atoms with Crippen molar-refractivity contribution in [1.82, 2.24) is 0 Å². The number of carbonyl (C=O) groups excluding carboxylic acids is 2. The van der Waals surface area contributed by atoms with Gasteiger partial charge < -0.3 is 10.1 Å². The van der Waals surface area contributed by atoms with E-state index in [9.17, 15) is 14.9 Å². The third-order valence-corrected chi connectivity index (χ3v) is 4.85. The molecule has 1 N–H and O–H groups in total. The molecule has 0 heterocycles. The highest BCUT2D eigenvalue weighted by molar-refractivity contribution is 9.10. The quantitative estimate of drug-likeness (QED) is 0.267. The van der Waals surface area contributed by atoms with Gasteiger partial charge >= 0.3 is 0 Å². The molecule has 5 nitrogen and oxygen atoms in total. The Kier molecular flexibility index (Phi) is 7.36. The molecule has 0 aliphatic heterocycles. The van der Waals surface area contributed by atoms with Crippen LogP contribution >= 0.6 is 15.9 Å². The Bertz CT molecular complexity index is 1200. The average Bonchev–Trinajstić information content (AvgIpc) is 2.76. The van der Waals surface area contributed by atoms with Crippen LogP contribution in [0.1, 0.15) is 28.4 Å². The Labute approximate surface area is 189 Å². The van der Waals surface area contributed by atoms with Crippen LogP contribution in [0.3, 0.4) is 0 Å². The minimum Gasteiger partial charge on any atom is -0.489 e. The van der Waals surface area contributed by atoms with E-state index in [2.05, 4.69) is 21.2 Å². The van der Waals surface area contributed by atoms with Crippen molar-refractivity contribution >= 4 is 39.4 Å². The fraction of sp³-hybridized carbons (Fsp3) is 0.0800. The average molecular weight is 475 g/mol. The van der Waals surface area contributed by atoms with Crippen LogP contribution < -0.4 is 10.1 Å². The Balaban J connectivity index is 1.72. The lowest BCUT2D eigenvalue weighted by Crippen LogP contribution is -2.13. The number of nitrogens with zero attached hydrogens (tertiary/aromatic N) is 1. The maximum absolute atomic E-state index is 12.5. The molecule has 0 spiro atoms. The van der Waals surface area contributed by atoms with E-state index >= 15 is 0 Å². The van der Waals surface area contributed by atoms with Gasteiger partial charge in [-0.05, 0) is 60.5 Å². The zero-order valence-electron chi connectivity index (χ0n) is 16.8. The number of benzene rings is 3. The molecule has 0 fully saturated rings. The maximum atomic E-state index is 12.5. The standard InChI is InChI=1S/C25H19BrN2O3/c1-17(29)20-7-4-9-23(14-20)28-25(30)21(15-27)11-18-5-3-10-24(13-18)31-16-19-6-2-8-22(26)12-19/h2-14H,16H2,1H3,(H,28,30)/b21-11+. The number of hydrogen-bond acceptors (Lipinski definition) is 4. The highest BCUT2D eigenvalue weighted by atomic mass is 79.9. The molecule has 0 radical (unpaired) electrons. The van der Waals surface area contributed by atoms with Gasteiger partial charge in [0.25, 0.3) is 5.91 Å². The molecule has 0 aliphatic carbocycles. The molecule has 0 atom stereocenters. The van der Waals surface area contributed by atoms with Crippen LogP contribution in [0.25, 0.3) is 6.08 Å². The summed E-state index contributed by atoms with van der Waals surface area (Å²) in [5.74, 6) is -0.0314. The zero-order chi connectivity index (χ0) is 22.2. The van der Waals surface area contributed by atoms with Gasteiger partial charge in [-0.25, -0.2) is 0 Å². The lowest BCUT2D eigenvalue weighted by atomic mass is 10.1. The van der Waals surface area contributed by atoms with Gasteiger partial charge in [0.1, 0.15) is 24.0 Å². The summed E-state index contributed by atoms with van der Waals surface area (Å²) >= 11 is 3.43. The molecule has 3 rings (SSSR count). The molecule has 0 unspecified atom stereocenters. The summed E-state index contributed by atoms with van der Waals surface area (Å²) in [4.78, 5) is 24.1. The lowest BCUT2D eigenvalue weighted by molar-refractivity contribution is -0.112. The fourth-order valence-electron chi connectivity index (χ4n) is 2.82. The van der Waals surface area contributed by atoms with Crippen LogP contribution in [0.5, 0.6) is 5.75 Å². The van der Waals surface area contributed by atoms with E-state index in [0.717, 1.165) is 10.0 Å². The van der Waals surface area contributed by atoms with E-state index in [4.69, 9.17) is 4.74 Å². The van der Waals surface area contributed by atoms with Gasteiger partial charge in [0.2, 0.25) is 0 Å². The summed E-state index contributed by atoms with van der Waals surface area (Å²) in [6, 6.07) is 23.5. The normalized spacial score (nSPS) is 10.8. The van der Waals surface area contributed by atoms with Gasteiger partial charge in [-0.2, -0.15) is 5.26 Å². The maximum Gasteiger partial charge on any atom is 0.266 e. The topological polar surface area (TPSA) is 79.2 Å². The number of rotatable bonds is 7. The minimum atomic E-state index is -0.552. The SMILES string of the molecule is CC(=O)c1cccc(NC(=O)/C(C#N)=C/c2cccc(OCc3cccc(Br)c3)c2)c1. The molecule has 1 amide bonds. The van der Waals surface area contributed by atoms with Gasteiger partial charge in [-0.15, -0.1) is 0 Å². The van der Waals surface area contributed by atoms with Crippen LogP contribution in [-0.4, -0.2) is 11.7 Å². The number of halogens is 1. The molecule has 3 aromatic carbocycles. The van der Waals surface area contributed by atoms with Gasteiger partial charge in [0.05, 0.1) is 0 Å². The lowest BCUT2D eigenvalue weighted by Gasteiger charge is -2.08. The van der Waals surface area contributed by atoms with Crippen LogP contribution in [0.4, 0.5) is 5.69 Å². The molecule has 154 valence electrons. The molecular weight excluding hydrogens is 456 g/mol. The summed E-state index contributed by atoms with van der Waals surface area (Å²) in [5.41, 5.74) is 2.55. The Morgan fingerprint density at radius 2 is 1.84 bits per heavy atom. The number of Topliss-reactive ketones (excluding diaryl/α,β-unsaturated/α-hetero) is 1. The predicted octanol–water partition coefficient (Wildman–Crippen LogP) is 5.78. The summed E-state index contributed by atoms with van der Waals surface area (Å²) in [6.07, 6.45) is 1.50. The van der Waals surface area contributed by atoms with Crippen LogP contribution in [-0.2, 0) is 11.4 Å².